The highest BCUT2D eigenvalue weighted by Gasteiger charge is 2.34. The number of hydrogen-bond donors (Lipinski definition) is 0. The minimum absolute atomic E-state index is 0.0556. The summed E-state index contributed by atoms with van der Waals surface area (Å²) < 4.78 is 19.8. The molecule has 0 aromatic rings. The van der Waals surface area contributed by atoms with E-state index in [1.165, 1.54) is 0 Å². The van der Waals surface area contributed by atoms with Crippen LogP contribution in [0.2, 0.25) is 6.04 Å². The molecule has 1 atom stereocenters. The lowest BCUT2D eigenvalue weighted by atomic mass is 10.5. The molecule has 0 bridgehead atoms. The van der Waals surface area contributed by atoms with Gasteiger partial charge in [-0.25, -0.2) is 5.11 Å². The summed E-state index contributed by atoms with van der Waals surface area (Å²) in [4.78, 5) is 0. The Bertz CT molecular complexity index is 118. The Morgan fingerprint density at radius 2 is 1.71 bits per heavy atom. The third-order valence-corrected chi connectivity index (χ3v) is 4.69. The van der Waals surface area contributed by atoms with Gasteiger partial charge in [0.25, 0.3) is 0 Å². The van der Waals surface area contributed by atoms with Gasteiger partial charge >= 0.3 is 8.80 Å². The van der Waals surface area contributed by atoms with Crippen molar-refractivity contribution in [2.24, 2.45) is 0 Å². The van der Waals surface area contributed by atoms with Crippen LogP contribution in [0.25, 0.3) is 0 Å². The van der Waals surface area contributed by atoms with Crippen LogP contribution < -0.4 is 0 Å². The zero-order chi connectivity index (χ0) is 11.0. The summed E-state index contributed by atoms with van der Waals surface area (Å²) in [5.41, 5.74) is 0. The normalized spacial score (nSPS) is 19.9. The first kappa shape index (κ1) is 14.0. The Hall–Kier alpha value is 0.0169. The van der Waals surface area contributed by atoms with Gasteiger partial charge in [-0.15, -0.1) is 0 Å². The van der Waals surface area contributed by atoms with Crippen molar-refractivity contribution in [2.45, 2.75) is 19.1 Å². The van der Waals surface area contributed by atoms with E-state index in [1.807, 2.05) is 6.92 Å². The Labute approximate surface area is 86.3 Å². The van der Waals surface area contributed by atoms with Gasteiger partial charge in [-0.3, -0.25) is 0 Å². The van der Waals surface area contributed by atoms with Crippen molar-refractivity contribution in [2.75, 3.05) is 34.5 Å². The maximum absolute atomic E-state index is 9.57. The van der Waals surface area contributed by atoms with Crippen LogP contribution >= 0.6 is 0 Å². The second kappa shape index (κ2) is 7.33. The molecule has 1 unspecified atom stereocenters. The van der Waals surface area contributed by atoms with Crippen molar-refractivity contribution in [3.8, 4) is 0 Å². The second-order valence-electron chi connectivity index (χ2n) is 2.77. The predicted octanol–water partition coefficient (Wildman–Crippen LogP) is 0.700. The van der Waals surface area contributed by atoms with E-state index in [0.717, 1.165) is 6.04 Å². The van der Waals surface area contributed by atoms with Crippen LogP contribution in [0.1, 0.15) is 6.92 Å². The van der Waals surface area contributed by atoms with Gasteiger partial charge in [0.1, 0.15) is 12.7 Å². The van der Waals surface area contributed by atoms with Gasteiger partial charge in [0, 0.05) is 27.4 Å². The first-order valence-corrected chi connectivity index (χ1v) is 6.46. The smallest absolute Gasteiger partial charge is 0.377 e. The largest absolute Gasteiger partial charge is 0.499 e. The topological polar surface area (TPSA) is 60.1 Å². The lowest BCUT2D eigenvalue weighted by Gasteiger charge is -2.22. The van der Waals surface area contributed by atoms with Gasteiger partial charge in [0.05, 0.1) is 6.61 Å². The summed E-state index contributed by atoms with van der Waals surface area (Å²) in [6, 6.07) is 0.816. The molecule has 5 nitrogen and oxygen atoms in total. The molecule has 1 saturated heterocycles. The molecule has 0 amide bonds. The molecule has 14 heavy (non-hydrogen) atoms. The van der Waals surface area contributed by atoms with Gasteiger partial charge in [-0.1, -0.05) is 6.92 Å². The van der Waals surface area contributed by atoms with E-state index in [0.29, 0.717) is 6.61 Å². The summed E-state index contributed by atoms with van der Waals surface area (Å²) in [5.74, 6) is 0. The monoisotopic (exact) mass is 223 g/mol. The van der Waals surface area contributed by atoms with Gasteiger partial charge < -0.3 is 18.0 Å². The minimum Gasteiger partial charge on any atom is -0.377 e. The molecule has 0 saturated carbocycles. The van der Waals surface area contributed by atoms with E-state index in [2.05, 4.69) is 4.74 Å². The molecule has 0 aromatic carbocycles. The average Bonchev–Trinajstić information content (AvgIpc) is 3.06. The third-order valence-electron chi connectivity index (χ3n) is 1.95. The Morgan fingerprint density at radius 1 is 1.29 bits per heavy atom. The van der Waals surface area contributed by atoms with Crippen LogP contribution in [0.5, 0.6) is 0 Å². The van der Waals surface area contributed by atoms with E-state index >= 15 is 0 Å². The van der Waals surface area contributed by atoms with E-state index in [-0.39, 0.29) is 12.7 Å². The number of ether oxygens (including phenoxy) is 1. The van der Waals surface area contributed by atoms with Crippen LogP contribution in [0, 0.1) is 0 Å². The molecule has 0 aromatic heterocycles. The standard InChI is InChI=1S/C5H14O3Si.C3H5O2/c1-5-9(6-2,7-3)8-4;4-1-3-2-5-3/h5H2,1-4H3;3H,1-2H2. The average molecular weight is 223 g/mol. The highest BCUT2D eigenvalue weighted by atomic mass is 28.4. The zero-order valence-corrected chi connectivity index (χ0v) is 10.2. The van der Waals surface area contributed by atoms with Crippen molar-refractivity contribution in [3.63, 3.8) is 0 Å². The van der Waals surface area contributed by atoms with Crippen molar-refractivity contribution in [1.29, 1.82) is 0 Å². The molecule has 0 N–H and O–H groups in total. The highest BCUT2D eigenvalue weighted by molar-refractivity contribution is 6.60. The molecule has 1 rings (SSSR count). The zero-order valence-electron chi connectivity index (χ0n) is 9.24. The first-order valence-electron chi connectivity index (χ1n) is 4.53. The fourth-order valence-corrected chi connectivity index (χ4v) is 2.21. The molecular formula is C8H19O5Si. The first-order chi connectivity index (χ1) is 6.67. The van der Waals surface area contributed by atoms with Gasteiger partial charge in [-0.05, 0) is 0 Å². The Kier molecular flexibility index (Phi) is 7.34. The summed E-state index contributed by atoms with van der Waals surface area (Å²) in [6.07, 6.45) is 0.0787. The number of hydrogen-bond acceptors (Lipinski definition) is 4. The Morgan fingerprint density at radius 3 is 1.71 bits per heavy atom. The van der Waals surface area contributed by atoms with Crippen molar-refractivity contribution in [1.82, 2.24) is 0 Å². The molecule has 6 heteroatoms. The van der Waals surface area contributed by atoms with Crippen LogP contribution in [0.15, 0.2) is 0 Å². The highest BCUT2D eigenvalue weighted by Crippen LogP contribution is 2.10. The van der Waals surface area contributed by atoms with Gasteiger partial charge in [0.15, 0.2) is 0 Å². The van der Waals surface area contributed by atoms with Crippen LogP contribution in [0.3, 0.4) is 0 Å². The molecule has 0 aliphatic carbocycles. The van der Waals surface area contributed by atoms with E-state index in [1.54, 1.807) is 21.3 Å². The Balaban J connectivity index is 0.000000280. The van der Waals surface area contributed by atoms with Gasteiger partial charge in [0.2, 0.25) is 0 Å². The molecule has 1 heterocycles. The minimum atomic E-state index is -2.19. The molecule has 1 fully saturated rings. The fourth-order valence-electron chi connectivity index (χ4n) is 0.847. The summed E-state index contributed by atoms with van der Waals surface area (Å²) >= 11 is 0. The van der Waals surface area contributed by atoms with Crippen molar-refractivity contribution < 1.29 is 23.1 Å². The third kappa shape index (κ3) is 5.04. The fraction of sp³-hybridized carbons (Fsp3) is 1.00. The SMILES string of the molecule is CC[Si](OC)(OC)OC.[O]CC1CO1. The van der Waals surface area contributed by atoms with Crippen LogP contribution in [-0.2, 0) is 23.1 Å². The molecule has 1 aliphatic rings. The molecular weight excluding hydrogens is 204 g/mol. The van der Waals surface area contributed by atoms with E-state index < -0.39 is 8.80 Å². The molecule has 85 valence electrons. The van der Waals surface area contributed by atoms with E-state index in [4.69, 9.17) is 13.3 Å². The maximum Gasteiger partial charge on any atom is 0.499 e. The quantitative estimate of drug-likeness (QED) is 0.508. The van der Waals surface area contributed by atoms with Gasteiger partial charge in [-0.2, -0.15) is 0 Å². The van der Waals surface area contributed by atoms with E-state index in [9.17, 15) is 5.11 Å². The summed E-state index contributed by atoms with van der Waals surface area (Å²) in [5, 5.41) is 9.57. The lowest BCUT2D eigenvalue weighted by Crippen LogP contribution is -2.41. The van der Waals surface area contributed by atoms with Crippen molar-refractivity contribution in [3.05, 3.63) is 0 Å². The molecule has 1 radical (unpaired) electrons. The molecule has 0 spiro atoms. The molecule has 1 aliphatic heterocycles. The van der Waals surface area contributed by atoms with Crippen LogP contribution in [-0.4, -0.2) is 49.5 Å². The maximum atomic E-state index is 9.57. The number of rotatable bonds is 5. The summed E-state index contributed by atoms with van der Waals surface area (Å²) in [6.45, 7) is 2.63. The van der Waals surface area contributed by atoms with Crippen LogP contribution in [0.4, 0.5) is 0 Å². The predicted molar refractivity (Wildman–Crippen MR) is 52.6 cm³/mol. The lowest BCUT2D eigenvalue weighted by molar-refractivity contribution is 0.125. The summed E-state index contributed by atoms with van der Waals surface area (Å²) in [7, 11) is 2.65. The number of epoxide rings is 1. The van der Waals surface area contributed by atoms with Crippen molar-refractivity contribution >= 4 is 8.80 Å². The second-order valence-corrected chi connectivity index (χ2v) is 6.07.